The molecule has 2 aromatic carbocycles. The topological polar surface area (TPSA) is 99.0 Å². The van der Waals surface area contributed by atoms with Crippen molar-refractivity contribution in [2.45, 2.75) is 46.0 Å². The van der Waals surface area contributed by atoms with Crippen molar-refractivity contribution in [3.8, 4) is 11.5 Å². The van der Waals surface area contributed by atoms with E-state index in [1.165, 1.54) is 17.0 Å². The van der Waals surface area contributed by atoms with Gasteiger partial charge in [-0.05, 0) is 48.6 Å². The molecule has 178 valence electrons. The number of nitro groups is 1. The Bertz CT molecular complexity index is 1200. The number of amides is 1. The van der Waals surface area contributed by atoms with Gasteiger partial charge in [0.1, 0.15) is 17.2 Å². The van der Waals surface area contributed by atoms with E-state index in [0.717, 1.165) is 5.56 Å². The SMILES string of the molecule is CCOc1ccc(N2C(=O)CC(c3cccc(OC)c3)C3=C2CC(C)(C)CC3=O)c([N+](=O)[O-])c1. The lowest BCUT2D eigenvalue weighted by Gasteiger charge is -2.42. The van der Waals surface area contributed by atoms with Gasteiger partial charge in [-0.2, -0.15) is 0 Å². The smallest absolute Gasteiger partial charge is 0.297 e. The number of hydrogen-bond acceptors (Lipinski definition) is 6. The molecule has 1 amide bonds. The fourth-order valence-corrected chi connectivity index (χ4v) is 4.93. The Morgan fingerprint density at radius 1 is 1.12 bits per heavy atom. The van der Waals surface area contributed by atoms with Gasteiger partial charge in [0.15, 0.2) is 5.78 Å². The molecule has 8 nitrogen and oxygen atoms in total. The van der Waals surface area contributed by atoms with Crippen LogP contribution in [0.3, 0.4) is 0 Å². The van der Waals surface area contributed by atoms with E-state index in [9.17, 15) is 19.7 Å². The Balaban J connectivity index is 1.92. The molecule has 0 bridgehead atoms. The summed E-state index contributed by atoms with van der Waals surface area (Å²) in [6.07, 6.45) is 0.826. The maximum atomic E-state index is 13.6. The second kappa shape index (κ2) is 8.93. The zero-order chi connectivity index (χ0) is 24.6. The molecule has 0 saturated carbocycles. The highest BCUT2D eigenvalue weighted by atomic mass is 16.6. The van der Waals surface area contributed by atoms with Crippen LogP contribution >= 0.6 is 0 Å². The van der Waals surface area contributed by atoms with Crippen molar-refractivity contribution in [1.29, 1.82) is 0 Å². The van der Waals surface area contributed by atoms with Crippen LogP contribution < -0.4 is 14.4 Å². The summed E-state index contributed by atoms with van der Waals surface area (Å²) < 4.78 is 10.8. The van der Waals surface area contributed by atoms with Crippen LogP contribution in [-0.2, 0) is 9.59 Å². The van der Waals surface area contributed by atoms with Gasteiger partial charge in [-0.3, -0.25) is 24.6 Å². The molecule has 1 unspecified atom stereocenters. The molecule has 0 N–H and O–H groups in total. The van der Waals surface area contributed by atoms with Gasteiger partial charge in [0.05, 0.1) is 24.7 Å². The highest BCUT2D eigenvalue weighted by Crippen LogP contribution is 2.49. The predicted molar refractivity (Wildman–Crippen MR) is 127 cm³/mol. The van der Waals surface area contributed by atoms with Crippen molar-refractivity contribution in [3.05, 3.63) is 69.4 Å². The third-order valence-electron chi connectivity index (χ3n) is 6.33. The lowest BCUT2D eigenvalue weighted by atomic mass is 9.69. The molecule has 1 atom stereocenters. The molecule has 1 aliphatic heterocycles. The molecule has 1 heterocycles. The average Bonchev–Trinajstić information content (AvgIpc) is 2.78. The van der Waals surface area contributed by atoms with Gasteiger partial charge in [-0.15, -0.1) is 0 Å². The first-order valence-electron chi connectivity index (χ1n) is 11.3. The number of benzene rings is 2. The average molecular weight is 465 g/mol. The Morgan fingerprint density at radius 3 is 2.56 bits per heavy atom. The van der Waals surface area contributed by atoms with Crippen LogP contribution in [0.25, 0.3) is 0 Å². The monoisotopic (exact) mass is 464 g/mol. The van der Waals surface area contributed by atoms with E-state index >= 15 is 0 Å². The van der Waals surface area contributed by atoms with Gasteiger partial charge >= 0.3 is 0 Å². The zero-order valence-corrected chi connectivity index (χ0v) is 19.8. The maximum absolute atomic E-state index is 13.6. The number of anilines is 1. The van der Waals surface area contributed by atoms with Crippen LogP contribution in [0.15, 0.2) is 53.7 Å². The number of hydrogen-bond donors (Lipinski definition) is 0. The third kappa shape index (κ3) is 4.27. The molecule has 0 aromatic heterocycles. The minimum Gasteiger partial charge on any atom is -0.497 e. The van der Waals surface area contributed by atoms with Gasteiger partial charge in [0.25, 0.3) is 5.69 Å². The van der Waals surface area contributed by atoms with Gasteiger partial charge in [0.2, 0.25) is 5.91 Å². The van der Waals surface area contributed by atoms with Crippen LogP contribution in [0.4, 0.5) is 11.4 Å². The number of Topliss-reactive ketones (excluding diaryl/α,β-unsaturated/α-hetero) is 1. The molecule has 0 spiro atoms. The van der Waals surface area contributed by atoms with E-state index in [1.807, 2.05) is 38.1 Å². The zero-order valence-electron chi connectivity index (χ0n) is 19.8. The summed E-state index contributed by atoms with van der Waals surface area (Å²) in [7, 11) is 1.57. The van der Waals surface area contributed by atoms with Crippen LogP contribution in [-0.4, -0.2) is 30.3 Å². The third-order valence-corrected chi connectivity index (χ3v) is 6.33. The van der Waals surface area contributed by atoms with Crippen LogP contribution in [0.5, 0.6) is 11.5 Å². The van der Waals surface area contributed by atoms with Crippen molar-refractivity contribution in [1.82, 2.24) is 0 Å². The summed E-state index contributed by atoms with van der Waals surface area (Å²) >= 11 is 0. The second-order valence-electron chi connectivity index (χ2n) is 9.40. The number of carbonyl (C=O) groups excluding carboxylic acids is 2. The lowest BCUT2D eigenvalue weighted by molar-refractivity contribution is -0.384. The van der Waals surface area contributed by atoms with Gasteiger partial charge in [-0.25, -0.2) is 0 Å². The van der Waals surface area contributed by atoms with Gasteiger partial charge in [-0.1, -0.05) is 26.0 Å². The van der Waals surface area contributed by atoms with Crippen LogP contribution in [0.1, 0.15) is 51.5 Å². The largest absolute Gasteiger partial charge is 0.497 e. The van der Waals surface area contributed by atoms with Gasteiger partial charge < -0.3 is 9.47 Å². The number of ether oxygens (including phenoxy) is 2. The summed E-state index contributed by atoms with van der Waals surface area (Å²) in [5.41, 5.74) is 1.44. The van der Waals surface area contributed by atoms with Crippen molar-refractivity contribution in [3.63, 3.8) is 0 Å². The van der Waals surface area contributed by atoms with Gasteiger partial charge in [0, 0.05) is 30.0 Å². The van der Waals surface area contributed by atoms with Crippen LogP contribution in [0, 0.1) is 15.5 Å². The molecule has 4 rings (SSSR count). The predicted octanol–water partition coefficient (Wildman–Crippen LogP) is 5.17. The number of ketones is 1. The minimum atomic E-state index is -0.519. The first kappa shape index (κ1) is 23.5. The number of nitro benzene ring substituents is 1. The molecule has 34 heavy (non-hydrogen) atoms. The summed E-state index contributed by atoms with van der Waals surface area (Å²) in [6.45, 7) is 6.09. The molecule has 2 aliphatic rings. The number of rotatable bonds is 6. The van der Waals surface area contributed by atoms with Crippen LogP contribution in [0.2, 0.25) is 0 Å². The summed E-state index contributed by atoms with van der Waals surface area (Å²) in [5, 5.41) is 12.0. The Kier molecular flexibility index (Phi) is 6.17. The number of methoxy groups -OCH3 is 1. The van der Waals surface area contributed by atoms with E-state index < -0.39 is 10.8 Å². The molecular weight excluding hydrogens is 436 g/mol. The normalized spacial score (nSPS) is 19.6. The molecule has 0 saturated heterocycles. The van der Waals surface area contributed by atoms with E-state index in [-0.39, 0.29) is 34.9 Å². The van der Waals surface area contributed by atoms with E-state index in [1.54, 1.807) is 20.1 Å². The first-order chi connectivity index (χ1) is 16.1. The molecule has 2 aromatic rings. The molecule has 8 heteroatoms. The van der Waals surface area contributed by atoms with Crippen molar-refractivity contribution in [2.75, 3.05) is 18.6 Å². The number of carbonyl (C=O) groups is 2. The molecular formula is C26H28N2O6. The highest BCUT2D eigenvalue weighted by Gasteiger charge is 2.45. The highest BCUT2D eigenvalue weighted by molar-refractivity contribution is 6.08. The van der Waals surface area contributed by atoms with Crippen molar-refractivity contribution >= 4 is 23.1 Å². The Hall–Kier alpha value is -3.68. The lowest BCUT2D eigenvalue weighted by Crippen LogP contribution is -2.44. The summed E-state index contributed by atoms with van der Waals surface area (Å²) in [5.74, 6) is 0.236. The second-order valence-corrected chi connectivity index (χ2v) is 9.40. The van der Waals surface area contributed by atoms with Crippen molar-refractivity contribution < 1.29 is 24.0 Å². The minimum absolute atomic E-state index is 0.0303. The summed E-state index contributed by atoms with van der Waals surface area (Å²) in [6, 6.07) is 11.8. The molecule has 0 fully saturated rings. The fraction of sp³-hybridized carbons (Fsp3) is 0.385. The first-order valence-corrected chi connectivity index (χ1v) is 11.3. The molecule has 1 aliphatic carbocycles. The van der Waals surface area contributed by atoms with Crippen molar-refractivity contribution in [2.24, 2.45) is 5.41 Å². The number of nitrogens with zero attached hydrogens (tertiary/aromatic N) is 2. The quantitative estimate of drug-likeness (QED) is 0.432. The van der Waals surface area contributed by atoms with E-state index in [0.29, 0.717) is 42.2 Å². The van der Waals surface area contributed by atoms with E-state index in [2.05, 4.69) is 0 Å². The Morgan fingerprint density at radius 2 is 1.88 bits per heavy atom. The number of allylic oxidation sites excluding steroid dienone is 2. The summed E-state index contributed by atoms with van der Waals surface area (Å²) in [4.78, 5) is 39.8. The molecule has 0 radical (unpaired) electrons. The fourth-order valence-electron chi connectivity index (χ4n) is 4.93. The standard InChI is InChI=1S/C26H28N2O6/c1-5-34-18-9-10-20(21(12-18)28(31)32)27-22-14-26(2,3)15-23(29)25(22)19(13-24(27)30)16-7-6-8-17(11-16)33-4/h6-12,19H,5,13-15H2,1-4H3. The Labute approximate surface area is 198 Å². The maximum Gasteiger partial charge on any atom is 0.297 e. The van der Waals surface area contributed by atoms with E-state index in [4.69, 9.17) is 9.47 Å².